The standard InChI is InChI=1S/C33H31N3O4/c1-23-5-4-6-27(19-23)21-38-29-13-9-26(10-14-29)20-34-35-33(37)32-18-17-31(40-32)22-39-30-15-11-28(12-16-30)36-24(2)7-8-25(36)3/h4-20H,21-22H2,1-3H3,(H,35,37)/b34-20+. The largest absolute Gasteiger partial charge is 0.489 e. The van der Waals surface area contributed by atoms with Crippen LogP contribution in [0.4, 0.5) is 0 Å². The minimum Gasteiger partial charge on any atom is -0.489 e. The fourth-order valence-electron chi connectivity index (χ4n) is 4.34. The van der Waals surface area contributed by atoms with E-state index >= 15 is 0 Å². The van der Waals surface area contributed by atoms with E-state index in [0.29, 0.717) is 18.1 Å². The van der Waals surface area contributed by atoms with E-state index in [0.717, 1.165) is 22.6 Å². The highest BCUT2D eigenvalue weighted by Gasteiger charge is 2.11. The first-order valence-corrected chi connectivity index (χ1v) is 13.0. The SMILES string of the molecule is Cc1cccc(COc2ccc(/C=N/NC(=O)c3ccc(COc4ccc(-n5c(C)ccc5C)cc4)o3)cc2)c1. The summed E-state index contributed by atoms with van der Waals surface area (Å²) < 4.78 is 19.5. The molecule has 0 saturated carbocycles. The molecule has 5 rings (SSSR count). The summed E-state index contributed by atoms with van der Waals surface area (Å²) in [5, 5.41) is 4.04. The molecule has 0 radical (unpaired) electrons. The number of carbonyl (C=O) groups is 1. The molecule has 0 fully saturated rings. The van der Waals surface area contributed by atoms with Crippen LogP contribution in [0.1, 0.15) is 44.4 Å². The average Bonchev–Trinajstić information content (AvgIpc) is 3.58. The molecule has 5 aromatic rings. The van der Waals surface area contributed by atoms with Gasteiger partial charge >= 0.3 is 5.91 Å². The summed E-state index contributed by atoms with van der Waals surface area (Å²) in [6.07, 6.45) is 1.57. The summed E-state index contributed by atoms with van der Waals surface area (Å²) in [7, 11) is 0. The zero-order valence-electron chi connectivity index (χ0n) is 22.8. The van der Waals surface area contributed by atoms with Gasteiger partial charge in [0.25, 0.3) is 0 Å². The number of hydrogen-bond acceptors (Lipinski definition) is 5. The van der Waals surface area contributed by atoms with Gasteiger partial charge in [0.1, 0.15) is 30.5 Å². The first kappa shape index (κ1) is 26.6. The zero-order chi connectivity index (χ0) is 27.9. The van der Waals surface area contributed by atoms with Crippen LogP contribution in [0.5, 0.6) is 11.5 Å². The van der Waals surface area contributed by atoms with Crippen LogP contribution in [0.15, 0.2) is 107 Å². The molecule has 1 N–H and O–H groups in total. The molecule has 202 valence electrons. The van der Waals surface area contributed by atoms with Crippen LogP contribution in [0.25, 0.3) is 5.69 Å². The Bertz CT molecular complexity index is 1590. The molecule has 3 aromatic carbocycles. The Morgan fingerprint density at radius 2 is 1.50 bits per heavy atom. The number of benzene rings is 3. The highest BCUT2D eigenvalue weighted by molar-refractivity contribution is 5.92. The van der Waals surface area contributed by atoms with Gasteiger partial charge in [0, 0.05) is 17.1 Å². The van der Waals surface area contributed by atoms with Crippen molar-refractivity contribution in [3.8, 4) is 17.2 Å². The highest BCUT2D eigenvalue weighted by Crippen LogP contribution is 2.21. The molecular formula is C33H31N3O4. The Balaban J connectivity index is 1.08. The molecule has 7 heteroatoms. The molecule has 40 heavy (non-hydrogen) atoms. The number of carbonyl (C=O) groups excluding carboxylic acids is 1. The summed E-state index contributed by atoms with van der Waals surface area (Å²) in [6.45, 7) is 6.92. The quantitative estimate of drug-likeness (QED) is 0.156. The van der Waals surface area contributed by atoms with Crippen molar-refractivity contribution >= 4 is 12.1 Å². The lowest BCUT2D eigenvalue weighted by molar-refractivity contribution is 0.0923. The maximum atomic E-state index is 12.4. The van der Waals surface area contributed by atoms with Gasteiger partial charge < -0.3 is 18.5 Å². The van der Waals surface area contributed by atoms with Crippen molar-refractivity contribution in [3.05, 3.63) is 137 Å². The molecule has 0 saturated heterocycles. The molecule has 0 unspecified atom stereocenters. The van der Waals surface area contributed by atoms with Crippen LogP contribution in [0, 0.1) is 20.8 Å². The smallest absolute Gasteiger partial charge is 0.307 e. The molecule has 7 nitrogen and oxygen atoms in total. The molecule has 0 aliphatic rings. The van der Waals surface area contributed by atoms with Crippen molar-refractivity contribution in [2.45, 2.75) is 34.0 Å². The monoisotopic (exact) mass is 533 g/mol. The van der Waals surface area contributed by atoms with Gasteiger partial charge in [0.15, 0.2) is 5.76 Å². The van der Waals surface area contributed by atoms with Crippen molar-refractivity contribution in [1.29, 1.82) is 0 Å². The molecule has 2 heterocycles. The number of hydrazone groups is 1. The van der Waals surface area contributed by atoms with Crippen LogP contribution < -0.4 is 14.9 Å². The van der Waals surface area contributed by atoms with Gasteiger partial charge in [-0.25, -0.2) is 5.43 Å². The van der Waals surface area contributed by atoms with Gasteiger partial charge in [-0.15, -0.1) is 0 Å². The number of ether oxygens (including phenoxy) is 2. The van der Waals surface area contributed by atoms with E-state index in [-0.39, 0.29) is 12.4 Å². The first-order valence-electron chi connectivity index (χ1n) is 13.0. The van der Waals surface area contributed by atoms with E-state index in [2.05, 4.69) is 60.1 Å². The van der Waals surface area contributed by atoms with E-state index < -0.39 is 5.91 Å². The molecule has 0 spiro atoms. The minimum absolute atomic E-state index is 0.157. The number of aromatic nitrogens is 1. The highest BCUT2D eigenvalue weighted by atomic mass is 16.5. The molecule has 2 aromatic heterocycles. The molecule has 0 aliphatic carbocycles. The predicted molar refractivity (Wildman–Crippen MR) is 155 cm³/mol. The van der Waals surface area contributed by atoms with Gasteiger partial charge in [-0.3, -0.25) is 4.79 Å². The van der Waals surface area contributed by atoms with Crippen LogP contribution >= 0.6 is 0 Å². The van der Waals surface area contributed by atoms with Crippen molar-refractivity contribution in [1.82, 2.24) is 9.99 Å². The third kappa shape index (κ3) is 6.69. The van der Waals surface area contributed by atoms with Crippen molar-refractivity contribution in [2.75, 3.05) is 0 Å². The van der Waals surface area contributed by atoms with Crippen LogP contribution in [0.3, 0.4) is 0 Å². The van der Waals surface area contributed by atoms with Gasteiger partial charge in [-0.1, -0.05) is 29.8 Å². The maximum Gasteiger partial charge on any atom is 0.307 e. The predicted octanol–water partition coefficient (Wildman–Crippen LogP) is 6.92. The lowest BCUT2D eigenvalue weighted by atomic mass is 10.1. The normalized spacial score (nSPS) is 11.1. The van der Waals surface area contributed by atoms with Crippen molar-refractivity contribution in [2.24, 2.45) is 5.10 Å². The molecule has 1 amide bonds. The van der Waals surface area contributed by atoms with E-state index in [4.69, 9.17) is 13.9 Å². The fourth-order valence-corrected chi connectivity index (χ4v) is 4.34. The lowest BCUT2D eigenvalue weighted by Gasteiger charge is -2.10. The second kappa shape index (κ2) is 12.2. The summed E-state index contributed by atoms with van der Waals surface area (Å²) in [6, 6.07) is 31.1. The van der Waals surface area contributed by atoms with Crippen LogP contribution in [-0.4, -0.2) is 16.7 Å². The van der Waals surface area contributed by atoms with Gasteiger partial charge in [0.05, 0.1) is 6.21 Å². The Labute approximate surface area is 233 Å². The third-order valence-electron chi connectivity index (χ3n) is 6.38. The van der Waals surface area contributed by atoms with E-state index in [9.17, 15) is 4.79 Å². The third-order valence-corrected chi connectivity index (χ3v) is 6.38. The average molecular weight is 534 g/mol. The summed E-state index contributed by atoms with van der Waals surface area (Å²) in [5.41, 5.74) is 9.06. The van der Waals surface area contributed by atoms with Crippen LogP contribution in [0.2, 0.25) is 0 Å². The second-order valence-corrected chi connectivity index (χ2v) is 9.55. The molecule has 0 bridgehead atoms. The van der Waals surface area contributed by atoms with Gasteiger partial charge in [-0.2, -0.15) is 5.10 Å². The van der Waals surface area contributed by atoms with Gasteiger partial charge in [0.2, 0.25) is 0 Å². The maximum absolute atomic E-state index is 12.4. The zero-order valence-corrected chi connectivity index (χ0v) is 22.8. The number of nitrogens with one attached hydrogen (secondary N) is 1. The molecular weight excluding hydrogens is 502 g/mol. The number of amides is 1. The number of rotatable bonds is 10. The lowest BCUT2D eigenvalue weighted by Crippen LogP contribution is -2.16. The summed E-state index contributed by atoms with van der Waals surface area (Å²) in [5.74, 6) is 1.73. The van der Waals surface area contributed by atoms with Gasteiger partial charge in [-0.05, 0) is 105 Å². The minimum atomic E-state index is -0.442. The number of furan rings is 1. The Hall–Kier alpha value is -5.04. The number of nitrogens with zero attached hydrogens (tertiary/aromatic N) is 2. The van der Waals surface area contributed by atoms with E-state index in [1.54, 1.807) is 18.3 Å². The molecule has 0 atom stereocenters. The number of hydrogen-bond donors (Lipinski definition) is 1. The Morgan fingerprint density at radius 1 is 0.825 bits per heavy atom. The first-order chi connectivity index (χ1) is 19.4. The Kier molecular flexibility index (Phi) is 8.11. The van der Waals surface area contributed by atoms with Crippen molar-refractivity contribution < 1.29 is 18.7 Å². The number of aryl methyl sites for hydroxylation is 3. The fraction of sp³-hybridized carbons (Fsp3) is 0.152. The summed E-state index contributed by atoms with van der Waals surface area (Å²) in [4.78, 5) is 12.4. The Morgan fingerprint density at radius 3 is 2.20 bits per heavy atom. The second-order valence-electron chi connectivity index (χ2n) is 9.55. The molecule has 0 aliphatic heterocycles. The summed E-state index contributed by atoms with van der Waals surface area (Å²) >= 11 is 0. The van der Waals surface area contributed by atoms with Crippen molar-refractivity contribution in [3.63, 3.8) is 0 Å². The van der Waals surface area contributed by atoms with E-state index in [1.807, 2.05) is 60.7 Å². The topological polar surface area (TPSA) is 78.0 Å². The van der Waals surface area contributed by atoms with E-state index in [1.165, 1.54) is 17.0 Å². The van der Waals surface area contributed by atoms with Crippen LogP contribution in [-0.2, 0) is 13.2 Å².